The van der Waals surface area contributed by atoms with Gasteiger partial charge in [0.2, 0.25) is 0 Å². The summed E-state index contributed by atoms with van der Waals surface area (Å²) in [6.07, 6.45) is -2.64. The Balaban J connectivity index is 2.12. The fourth-order valence-corrected chi connectivity index (χ4v) is 2.11. The number of rotatable bonds is 4. The fourth-order valence-electron chi connectivity index (χ4n) is 2.11. The van der Waals surface area contributed by atoms with Crippen molar-refractivity contribution in [3.8, 4) is 0 Å². The predicted molar refractivity (Wildman–Crippen MR) is 69.8 cm³/mol. The SMILES string of the molecule is CN(Cc1ccccc1C(F)(F)F)Cc1ccnn1C. The average molecular weight is 283 g/mol. The number of halogens is 3. The molecule has 0 radical (unpaired) electrons. The van der Waals surface area contributed by atoms with Gasteiger partial charge in [-0.15, -0.1) is 0 Å². The van der Waals surface area contributed by atoms with E-state index in [1.165, 1.54) is 12.1 Å². The van der Waals surface area contributed by atoms with Gasteiger partial charge < -0.3 is 0 Å². The quantitative estimate of drug-likeness (QED) is 0.860. The molecule has 1 aromatic carbocycles. The molecule has 0 spiro atoms. The summed E-state index contributed by atoms with van der Waals surface area (Å²) in [4.78, 5) is 1.83. The first-order valence-corrected chi connectivity index (χ1v) is 6.18. The molecule has 1 aromatic heterocycles. The van der Waals surface area contributed by atoms with Gasteiger partial charge >= 0.3 is 6.18 Å². The second-order valence-electron chi connectivity index (χ2n) is 4.77. The van der Waals surface area contributed by atoms with Crippen LogP contribution in [0.15, 0.2) is 36.5 Å². The summed E-state index contributed by atoms with van der Waals surface area (Å²) >= 11 is 0. The van der Waals surface area contributed by atoms with Crippen LogP contribution >= 0.6 is 0 Å². The number of aromatic nitrogens is 2. The summed E-state index contributed by atoms with van der Waals surface area (Å²) in [7, 11) is 3.60. The van der Waals surface area contributed by atoms with Crippen LogP contribution in [0, 0.1) is 0 Å². The summed E-state index contributed by atoms with van der Waals surface area (Å²) in [6.45, 7) is 0.781. The number of nitrogens with zero attached hydrogens (tertiary/aromatic N) is 3. The summed E-state index contributed by atoms with van der Waals surface area (Å²) in [6, 6.07) is 7.53. The van der Waals surface area contributed by atoms with Crippen molar-refractivity contribution in [3.05, 3.63) is 53.3 Å². The Morgan fingerprint density at radius 3 is 2.45 bits per heavy atom. The molecule has 0 aliphatic rings. The molecule has 0 aliphatic heterocycles. The van der Waals surface area contributed by atoms with Crippen LogP contribution in [0.2, 0.25) is 0 Å². The van der Waals surface area contributed by atoms with E-state index < -0.39 is 11.7 Å². The van der Waals surface area contributed by atoms with Gasteiger partial charge in [0.1, 0.15) is 0 Å². The van der Waals surface area contributed by atoms with Gasteiger partial charge in [0, 0.05) is 26.3 Å². The molecule has 6 heteroatoms. The van der Waals surface area contributed by atoms with Crippen LogP contribution in [0.3, 0.4) is 0 Å². The maximum absolute atomic E-state index is 12.9. The predicted octanol–water partition coefficient (Wildman–Crippen LogP) is 3.07. The number of hydrogen-bond acceptors (Lipinski definition) is 2. The molecule has 108 valence electrons. The van der Waals surface area contributed by atoms with Crippen molar-refractivity contribution in [2.45, 2.75) is 19.3 Å². The van der Waals surface area contributed by atoms with Crippen LogP contribution < -0.4 is 0 Å². The number of aryl methyl sites for hydroxylation is 1. The van der Waals surface area contributed by atoms with Crippen LogP contribution in [0.25, 0.3) is 0 Å². The molecule has 0 saturated heterocycles. The molecule has 0 unspecified atom stereocenters. The van der Waals surface area contributed by atoms with Crippen LogP contribution in [-0.2, 0) is 26.3 Å². The van der Waals surface area contributed by atoms with E-state index >= 15 is 0 Å². The summed E-state index contributed by atoms with van der Waals surface area (Å²) in [5.41, 5.74) is 0.665. The van der Waals surface area contributed by atoms with Gasteiger partial charge in [0.15, 0.2) is 0 Å². The molecule has 2 aromatic rings. The Hall–Kier alpha value is -1.82. The number of benzene rings is 1. The van der Waals surface area contributed by atoms with E-state index in [-0.39, 0.29) is 12.1 Å². The first kappa shape index (κ1) is 14.6. The van der Waals surface area contributed by atoms with E-state index in [2.05, 4.69) is 5.10 Å². The molecule has 0 N–H and O–H groups in total. The van der Waals surface area contributed by atoms with Gasteiger partial charge in [-0.25, -0.2) is 0 Å². The first-order chi connectivity index (χ1) is 9.38. The standard InChI is InChI=1S/C14H16F3N3/c1-19(10-12-7-8-18-20(12)2)9-11-5-3-4-6-13(11)14(15,16)17/h3-8H,9-10H2,1-2H3. The first-order valence-electron chi connectivity index (χ1n) is 6.18. The van der Waals surface area contributed by atoms with E-state index in [4.69, 9.17) is 0 Å². The molecule has 0 saturated carbocycles. The van der Waals surface area contributed by atoms with E-state index in [1.54, 1.807) is 24.0 Å². The Bertz CT molecular complexity index is 575. The second-order valence-corrected chi connectivity index (χ2v) is 4.77. The highest BCUT2D eigenvalue weighted by Gasteiger charge is 2.32. The van der Waals surface area contributed by atoms with Crippen LogP contribution in [0.1, 0.15) is 16.8 Å². The van der Waals surface area contributed by atoms with Crippen molar-refractivity contribution >= 4 is 0 Å². The highest BCUT2D eigenvalue weighted by Crippen LogP contribution is 2.32. The zero-order valence-electron chi connectivity index (χ0n) is 11.4. The Labute approximate surface area is 115 Å². The third-order valence-electron chi connectivity index (χ3n) is 3.12. The molecular formula is C14H16F3N3. The topological polar surface area (TPSA) is 21.1 Å². The summed E-state index contributed by atoms with van der Waals surface area (Å²) < 4.78 is 40.4. The van der Waals surface area contributed by atoms with Gasteiger partial charge in [-0.3, -0.25) is 9.58 Å². The highest BCUT2D eigenvalue weighted by molar-refractivity contribution is 5.29. The van der Waals surface area contributed by atoms with Crippen molar-refractivity contribution in [1.82, 2.24) is 14.7 Å². The summed E-state index contributed by atoms with van der Waals surface area (Å²) in [5, 5.41) is 4.04. The van der Waals surface area contributed by atoms with Crippen LogP contribution in [0.4, 0.5) is 13.2 Å². The molecule has 0 fully saturated rings. The van der Waals surface area contributed by atoms with Crippen LogP contribution in [0.5, 0.6) is 0 Å². The summed E-state index contributed by atoms with van der Waals surface area (Å²) in [5.74, 6) is 0. The largest absolute Gasteiger partial charge is 0.416 e. The van der Waals surface area contributed by atoms with Crippen molar-refractivity contribution in [2.24, 2.45) is 7.05 Å². The van der Waals surface area contributed by atoms with E-state index in [0.717, 1.165) is 11.8 Å². The Kier molecular flexibility index (Phi) is 4.13. The molecule has 2 rings (SSSR count). The van der Waals surface area contributed by atoms with Gasteiger partial charge in [-0.2, -0.15) is 18.3 Å². The molecular weight excluding hydrogens is 267 g/mol. The minimum absolute atomic E-state index is 0.237. The molecule has 0 atom stereocenters. The molecule has 1 heterocycles. The van der Waals surface area contributed by atoms with E-state index in [9.17, 15) is 13.2 Å². The lowest BCUT2D eigenvalue weighted by atomic mass is 10.1. The molecule has 20 heavy (non-hydrogen) atoms. The van der Waals surface area contributed by atoms with E-state index in [0.29, 0.717) is 6.54 Å². The van der Waals surface area contributed by atoms with Crippen molar-refractivity contribution in [1.29, 1.82) is 0 Å². The zero-order valence-corrected chi connectivity index (χ0v) is 11.4. The lowest BCUT2D eigenvalue weighted by Crippen LogP contribution is -2.21. The minimum atomic E-state index is -4.32. The smallest absolute Gasteiger partial charge is 0.296 e. The Morgan fingerprint density at radius 2 is 1.85 bits per heavy atom. The zero-order chi connectivity index (χ0) is 14.8. The fraction of sp³-hybridized carbons (Fsp3) is 0.357. The lowest BCUT2D eigenvalue weighted by Gasteiger charge is -2.19. The second kappa shape index (κ2) is 5.66. The molecule has 3 nitrogen and oxygen atoms in total. The molecule has 0 amide bonds. The maximum atomic E-state index is 12.9. The van der Waals surface area contributed by atoms with Gasteiger partial charge in [-0.1, -0.05) is 18.2 Å². The van der Waals surface area contributed by atoms with Gasteiger partial charge in [0.05, 0.1) is 11.3 Å². The van der Waals surface area contributed by atoms with Crippen molar-refractivity contribution in [3.63, 3.8) is 0 Å². The third-order valence-corrected chi connectivity index (χ3v) is 3.12. The maximum Gasteiger partial charge on any atom is 0.416 e. The lowest BCUT2D eigenvalue weighted by molar-refractivity contribution is -0.138. The molecule has 0 bridgehead atoms. The van der Waals surface area contributed by atoms with Crippen molar-refractivity contribution in [2.75, 3.05) is 7.05 Å². The van der Waals surface area contributed by atoms with Crippen LogP contribution in [-0.4, -0.2) is 21.7 Å². The van der Waals surface area contributed by atoms with Gasteiger partial charge in [0.25, 0.3) is 0 Å². The monoisotopic (exact) mass is 283 g/mol. The van der Waals surface area contributed by atoms with E-state index in [1.807, 2.05) is 18.0 Å². The van der Waals surface area contributed by atoms with Crippen molar-refractivity contribution < 1.29 is 13.2 Å². The number of alkyl halides is 3. The Morgan fingerprint density at radius 1 is 1.15 bits per heavy atom. The minimum Gasteiger partial charge on any atom is -0.296 e. The highest BCUT2D eigenvalue weighted by atomic mass is 19.4. The number of hydrogen-bond donors (Lipinski definition) is 0. The average Bonchev–Trinajstić information content (AvgIpc) is 2.74. The third kappa shape index (κ3) is 3.39. The normalized spacial score (nSPS) is 12.1. The van der Waals surface area contributed by atoms with Gasteiger partial charge in [-0.05, 0) is 24.7 Å². The molecule has 0 aliphatic carbocycles.